The molecule has 0 saturated carbocycles. The molecule has 5 aromatic rings. The van der Waals surface area contributed by atoms with Crippen molar-refractivity contribution in [1.29, 1.82) is 0 Å². The Morgan fingerprint density at radius 1 is 0.830 bits per heavy atom. The van der Waals surface area contributed by atoms with Crippen molar-refractivity contribution in [2.24, 2.45) is 0 Å². The summed E-state index contributed by atoms with van der Waals surface area (Å²) in [5.41, 5.74) is 5.36. The summed E-state index contributed by atoms with van der Waals surface area (Å²) in [4.78, 5) is 14.7. The Labute approximate surface area is 276 Å². The zero-order valence-corrected chi connectivity index (χ0v) is 26.7. The molecule has 1 fully saturated rings. The largest absolute Gasteiger partial charge is 0.465 e. The number of amides is 1. The van der Waals surface area contributed by atoms with Gasteiger partial charge in [0, 0.05) is 37.0 Å². The number of carbonyl (C=O) groups is 1. The summed E-state index contributed by atoms with van der Waals surface area (Å²) in [6.07, 6.45) is 1.44. The van der Waals surface area contributed by atoms with E-state index in [0.717, 1.165) is 33.2 Å². The molecule has 2 N–H and O–H groups in total. The normalized spacial score (nSPS) is 19.4. The number of ether oxygens (including phenoxy) is 5. The first-order chi connectivity index (χ1) is 23.1. The zero-order valence-electron chi connectivity index (χ0n) is 26.7. The maximum atomic E-state index is 11.4. The third-order valence-electron chi connectivity index (χ3n) is 8.24. The summed E-state index contributed by atoms with van der Waals surface area (Å²) in [5, 5.41) is 3.92. The summed E-state index contributed by atoms with van der Waals surface area (Å²) < 4.78 is 32.5. The van der Waals surface area contributed by atoms with Gasteiger partial charge in [-0.25, -0.2) is 0 Å². The maximum Gasteiger partial charge on any atom is 0.216 e. The van der Waals surface area contributed by atoms with E-state index in [1.807, 2.05) is 91.1 Å². The molecule has 8 heteroatoms. The molecule has 4 atom stereocenters. The standard InChI is InChI=1S/C39H42N2O6/c1-28(42)40-20-19-32-23-41-35-18-17-33(21-34(32)35)46-38-22-36(44-25-30-13-7-3-8-14-30)39(45-26-31-15-9-4-10-16-31)37(47-38)27-43-24-29-11-5-2-6-12-29/h2-18,21,23,36-39,41H,19-20,22,24-27H2,1H3,(H,40,42)/t36-,37-,38+,39+/m1/s1. The molecule has 0 spiro atoms. The number of aromatic amines is 1. The lowest BCUT2D eigenvalue weighted by Crippen LogP contribution is -2.53. The molecule has 0 aliphatic carbocycles. The number of H-pyrrole nitrogens is 1. The first kappa shape index (κ1) is 32.5. The second-order valence-electron chi connectivity index (χ2n) is 11.8. The van der Waals surface area contributed by atoms with Crippen molar-refractivity contribution >= 4 is 16.8 Å². The average molecular weight is 635 g/mol. The average Bonchev–Trinajstić information content (AvgIpc) is 3.50. The molecule has 2 heterocycles. The van der Waals surface area contributed by atoms with Crippen LogP contribution < -0.4 is 10.1 Å². The molecule has 0 unspecified atom stereocenters. The van der Waals surface area contributed by atoms with E-state index in [0.29, 0.717) is 51.6 Å². The Morgan fingerprint density at radius 2 is 1.47 bits per heavy atom. The SMILES string of the molecule is CC(=O)NCCc1c[nH]c2ccc(O[C@@H]3C[C@@H](OCc4ccccc4)[C@H](OCc4ccccc4)[C@@H](COCc4ccccc4)O3)cc12. The topological polar surface area (TPSA) is 91.0 Å². The molecule has 0 radical (unpaired) electrons. The molecule has 244 valence electrons. The molecule has 47 heavy (non-hydrogen) atoms. The van der Waals surface area contributed by atoms with Crippen molar-refractivity contribution in [2.45, 2.75) is 64.2 Å². The van der Waals surface area contributed by atoms with Gasteiger partial charge >= 0.3 is 0 Å². The third-order valence-corrected chi connectivity index (χ3v) is 8.24. The second-order valence-corrected chi connectivity index (χ2v) is 11.8. The lowest BCUT2D eigenvalue weighted by molar-refractivity contribution is -0.257. The molecule has 6 rings (SSSR count). The van der Waals surface area contributed by atoms with Crippen LogP contribution in [0.1, 0.15) is 35.6 Å². The third kappa shape index (κ3) is 9.30. The highest BCUT2D eigenvalue weighted by Gasteiger charge is 2.41. The first-order valence-corrected chi connectivity index (χ1v) is 16.2. The van der Waals surface area contributed by atoms with Crippen LogP contribution in [0.3, 0.4) is 0 Å². The minimum absolute atomic E-state index is 0.0410. The van der Waals surface area contributed by atoms with E-state index in [2.05, 4.69) is 34.6 Å². The van der Waals surface area contributed by atoms with Gasteiger partial charge in [-0.15, -0.1) is 0 Å². The van der Waals surface area contributed by atoms with Crippen molar-refractivity contribution in [2.75, 3.05) is 13.2 Å². The van der Waals surface area contributed by atoms with Gasteiger partial charge in [0.1, 0.15) is 18.0 Å². The number of hydrogen-bond acceptors (Lipinski definition) is 6. The van der Waals surface area contributed by atoms with E-state index >= 15 is 0 Å². The maximum absolute atomic E-state index is 11.4. The highest BCUT2D eigenvalue weighted by atomic mass is 16.7. The fourth-order valence-electron chi connectivity index (χ4n) is 5.85. The van der Waals surface area contributed by atoms with Gasteiger partial charge in [-0.3, -0.25) is 4.79 Å². The fraction of sp³-hybridized carbons (Fsp3) is 0.308. The number of nitrogens with one attached hydrogen (secondary N) is 2. The van der Waals surface area contributed by atoms with Crippen LogP contribution in [0.15, 0.2) is 115 Å². The van der Waals surface area contributed by atoms with Gasteiger partial charge in [-0.1, -0.05) is 91.0 Å². The van der Waals surface area contributed by atoms with Crippen LogP contribution >= 0.6 is 0 Å². The Morgan fingerprint density at radius 3 is 2.13 bits per heavy atom. The van der Waals surface area contributed by atoms with Crippen LogP contribution in [0.5, 0.6) is 5.75 Å². The van der Waals surface area contributed by atoms with Crippen LogP contribution in [-0.2, 0) is 50.0 Å². The predicted molar refractivity (Wildman–Crippen MR) is 181 cm³/mol. The van der Waals surface area contributed by atoms with Crippen LogP contribution in [-0.4, -0.2) is 48.6 Å². The van der Waals surface area contributed by atoms with Gasteiger partial charge in [-0.2, -0.15) is 0 Å². The highest BCUT2D eigenvalue weighted by Crippen LogP contribution is 2.31. The quantitative estimate of drug-likeness (QED) is 0.133. The molecule has 1 aliphatic heterocycles. The molecule has 1 saturated heterocycles. The van der Waals surface area contributed by atoms with Crippen molar-refractivity contribution < 1.29 is 28.5 Å². The molecular weight excluding hydrogens is 592 g/mol. The number of fused-ring (bicyclic) bond motifs is 1. The van der Waals surface area contributed by atoms with Gasteiger partial charge in [0.05, 0.1) is 32.5 Å². The number of aromatic nitrogens is 1. The van der Waals surface area contributed by atoms with Gasteiger partial charge in [-0.05, 0) is 46.9 Å². The molecule has 8 nitrogen and oxygen atoms in total. The van der Waals surface area contributed by atoms with Crippen LogP contribution in [0.4, 0.5) is 0 Å². The fourth-order valence-corrected chi connectivity index (χ4v) is 5.85. The number of rotatable bonds is 15. The van der Waals surface area contributed by atoms with Gasteiger partial charge in [0.15, 0.2) is 0 Å². The van der Waals surface area contributed by atoms with Crippen LogP contribution in [0.2, 0.25) is 0 Å². The summed E-state index contributed by atoms with van der Waals surface area (Å²) in [6, 6.07) is 36.3. The predicted octanol–water partition coefficient (Wildman–Crippen LogP) is 6.73. The van der Waals surface area contributed by atoms with Crippen molar-refractivity contribution in [3.05, 3.63) is 138 Å². The smallest absolute Gasteiger partial charge is 0.216 e. The number of hydrogen-bond donors (Lipinski definition) is 2. The summed E-state index contributed by atoms with van der Waals surface area (Å²) in [6.45, 7) is 3.72. The Bertz CT molecular complexity index is 1680. The van der Waals surface area contributed by atoms with E-state index in [1.54, 1.807) is 0 Å². The van der Waals surface area contributed by atoms with Gasteiger partial charge in [0.25, 0.3) is 0 Å². The highest BCUT2D eigenvalue weighted by molar-refractivity contribution is 5.84. The van der Waals surface area contributed by atoms with E-state index in [-0.39, 0.29) is 18.1 Å². The molecule has 4 aromatic carbocycles. The molecule has 1 aromatic heterocycles. The lowest BCUT2D eigenvalue weighted by atomic mass is 10.0. The van der Waals surface area contributed by atoms with E-state index in [4.69, 9.17) is 23.7 Å². The minimum Gasteiger partial charge on any atom is -0.465 e. The van der Waals surface area contributed by atoms with Crippen molar-refractivity contribution in [1.82, 2.24) is 10.3 Å². The van der Waals surface area contributed by atoms with Crippen LogP contribution in [0, 0.1) is 0 Å². The minimum atomic E-state index is -0.586. The second kappa shape index (κ2) is 16.4. The zero-order chi connectivity index (χ0) is 32.3. The Kier molecular flexibility index (Phi) is 11.3. The molecule has 0 bridgehead atoms. The van der Waals surface area contributed by atoms with Gasteiger partial charge in [0.2, 0.25) is 12.2 Å². The lowest BCUT2D eigenvalue weighted by Gasteiger charge is -2.41. The van der Waals surface area contributed by atoms with E-state index in [9.17, 15) is 4.79 Å². The van der Waals surface area contributed by atoms with Crippen molar-refractivity contribution in [3.8, 4) is 5.75 Å². The summed E-state index contributed by atoms with van der Waals surface area (Å²) >= 11 is 0. The van der Waals surface area contributed by atoms with E-state index in [1.165, 1.54) is 6.92 Å². The van der Waals surface area contributed by atoms with Gasteiger partial charge < -0.3 is 34.0 Å². The van der Waals surface area contributed by atoms with Crippen molar-refractivity contribution in [3.63, 3.8) is 0 Å². The Balaban J connectivity index is 1.21. The number of carbonyl (C=O) groups excluding carboxylic acids is 1. The summed E-state index contributed by atoms with van der Waals surface area (Å²) in [7, 11) is 0. The first-order valence-electron chi connectivity index (χ1n) is 16.2. The Hall–Kier alpha value is -4.47. The molecular formula is C39H42N2O6. The summed E-state index contributed by atoms with van der Waals surface area (Å²) in [5.74, 6) is 0.651. The van der Waals surface area contributed by atoms with Crippen LogP contribution in [0.25, 0.3) is 10.9 Å². The monoisotopic (exact) mass is 634 g/mol. The number of benzene rings is 4. The van der Waals surface area contributed by atoms with E-state index < -0.39 is 12.4 Å². The molecule has 1 amide bonds. The molecule has 1 aliphatic rings.